The third kappa shape index (κ3) is 4.65. The van der Waals surface area contributed by atoms with E-state index in [-0.39, 0.29) is 17.2 Å². The van der Waals surface area contributed by atoms with Crippen molar-refractivity contribution in [2.24, 2.45) is 0 Å². The Morgan fingerprint density at radius 2 is 1.83 bits per heavy atom. The number of nitrogens with zero attached hydrogens (tertiary/aromatic N) is 4. The van der Waals surface area contributed by atoms with Gasteiger partial charge in [-0.1, -0.05) is 24.3 Å². The zero-order chi connectivity index (χ0) is 21.2. The molecular weight excluding hydrogens is 387 g/mol. The van der Waals surface area contributed by atoms with E-state index < -0.39 is 23.7 Å². The van der Waals surface area contributed by atoms with Gasteiger partial charge in [-0.05, 0) is 43.3 Å². The second-order valence-corrected chi connectivity index (χ2v) is 6.31. The minimum absolute atomic E-state index is 0.0330. The number of hydrogen-bond acceptors (Lipinski definition) is 5. The number of benzene rings is 2. The van der Waals surface area contributed by atoms with Gasteiger partial charge in [0.25, 0.3) is 5.91 Å². The Bertz CT molecular complexity index is 1060. The number of tetrazole rings is 1. The summed E-state index contributed by atoms with van der Waals surface area (Å²) in [4.78, 5) is 24.9. The van der Waals surface area contributed by atoms with Crippen LogP contribution in [0, 0.1) is 0 Å². The molecule has 2 aromatic carbocycles. The van der Waals surface area contributed by atoms with Crippen molar-refractivity contribution in [2.75, 3.05) is 5.32 Å². The fourth-order valence-corrected chi connectivity index (χ4v) is 2.51. The average molecular weight is 403 g/mol. The number of rotatable bonds is 5. The maximum atomic E-state index is 12.9. The quantitative estimate of drug-likeness (QED) is 0.655. The predicted octanol–water partition coefficient (Wildman–Crippen LogP) is 3.76. The lowest BCUT2D eigenvalue weighted by atomic mass is 10.1. The fourth-order valence-electron chi connectivity index (χ4n) is 2.51. The van der Waals surface area contributed by atoms with Gasteiger partial charge in [-0.3, -0.25) is 9.59 Å². The molecule has 0 saturated carbocycles. The van der Waals surface area contributed by atoms with E-state index in [1.54, 1.807) is 18.2 Å². The van der Waals surface area contributed by atoms with Crippen LogP contribution in [0.1, 0.15) is 35.8 Å². The summed E-state index contributed by atoms with van der Waals surface area (Å²) < 4.78 is 38.6. The number of Topliss-reactive ketones (excluding diaryl/α,β-unsaturated/α-hetero) is 1. The molecule has 7 nitrogen and oxygen atoms in total. The van der Waals surface area contributed by atoms with Crippen LogP contribution >= 0.6 is 0 Å². The number of aromatic nitrogens is 4. The Labute approximate surface area is 163 Å². The van der Waals surface area contributed by atoms with Crippen LogP contribution in [0.4, 0.5) is 18.9 Å². The predicted molar refractivity (Wildman–Crippen MR) is 98.0 cm³/mol. The molecule has 0 bridgehead atoms. The highest BCUT2D eigenvalue weighted by Crippen LogP contribution is 2.31. The van der Waals surface area contributed by atoms with Crippen LogP contribution in [0.5, 0.6) is 0 Å². The molecule has 1 heterocycles. The Morgan fingerprint density at radius 3 is 2.52 bits per heavy atom. The molecule has 0 fully saturated rings. The average Bonchev–Trinajstić information content (AvgIpc) is 3.17. The summed E-state index contributed by atoms with van der Waals surface area (Å²) in [6.07, 6.45) is -4.49. The van der Waals surface area contributed by atoms with E-state index >= 15 is 0 Å². The molecule has 0 aliphatic heterocycles. The largest absolute Gasteiger partial charge is 0.416 e. The van der Waals surface area contributed by atoms with Crippen LogP contribution in [0.15, 0.2) is 48.5 Å². The minimum Gasteiger partial charge on any atom is -0.324 e. The smallest absolute Gasteiger partial charge is 0.324 e. The third-order valence-corrected chi connectivity index (χ3v) is 4.14. The molecule has 0 aliphatic carbocycles. The molecule has 150 valence electrons. The van der Waals surface area contributed by atoms with E-state index in [2.05, 4.69) is 20.7 Å². The molecule has 1 aromatic heterocycles. The number of ketones is 1. The number of anilines is 1. The number of halogens is 3. The van der Waals surface area contributed by atoms with Crippen molar-refractivity contribution in [3.05, 3.63) is 59.7 Å². The summed E-state index contributed by atoms with van der Waals surface area (Å²) in [5, 5.41) is 14.2. The van der Waals surface area contributed by atoms with Gasteiger partial charge in [-0.25, -0.2) is 0 Å². The first-order chi connectivity index (χ1) is 13.6. The second-order valence-electron chi connectivity index (χ2n) is 6.31. The van der Waals surface area contributed by atoms with Gasteiger partial charge < -0.3 is 5.32 Å². The molecule has 0 saturated heterocycles. The number of carbonyl (C=O) groups is 2. The maximum absolute atomic E-state index is 12.9. The van der Waals surface area contributed by atoms with Gasteiger partial charge in [0.2, 0.25) is 5.82 Å². The zero-order valence-electron chi connectivity index (χ0n) is 15.4. The van der Waals surface area contributed by atoms with Crippen molar-refractivity contribution in [3.63, 3.8) is 0 Å². The highest BCUT2D eigenvalue weighted by molar-refractivity contribution is 5.97. The molecule has 0 unspecified atom stereocenters. The molecule has 0 aliphatic rings. The van der Waals surface area contributed by atoms with Crippen molar-refractivity contribution in [3.8, 4) is 11.4 Å². The monoisotopic (exact) mass is 403 g/mol. The second kappa shape index (κ2) is 7.82. The highest BCUT2D eigenvalue weighted by Gasteiger charge is 2.31. The molecule has 29 heavy (non-hydrogen) atoms. The van der Waals surface area contributed by atoms with Gasteiger partial charge in [0, 0.05) is 16.8 Å². The summed E-state index contributed by atoms with van der Waals surface area (Å²) in [5.41, 5.74) is 0.171. The summed E-state index contributed by atoms with van der Waals surface area (Å²) in [6.45, 7) is 2.93. The summed E-state index contributed by atoms with van der Waals surface area (Å²) >= 11 is 0. The van der Waals surface area contributed by atoms with E-state index in [0.29, 0.717) is 11.3 Å². The van der Waals surface area contributed by atoms with Gasteiger partial charge >= 0.3 is 6.18 Å². The van der Waals surface area contributed by atoms with E-state index in [9.17, 15) is 22.8 Å². The van der Waals surface area contributed by atoms with Crippen LogP contribution in [-0.4, -0.2) is 31.9 Å². The molecular formula is C19H16F3N5O2. The molecule has 0 spiro atoms. The van der Waals surface area contributed by atoms with E-state index in [1.165, 1.54) is 32.0 Å². The van der Waals surface area contributed by atoms with Crippen LogP contribution in [0.25, 0.3) is 11.4 Å². The molecule has 1 N–H and O–H groups in total. The van der Waals surface area contributed by atoms with Crippen LogP contribution in [0.2, 0.25) is 0 Å². The molecule has 10 heteroatoms. The van der Waals surface area contributed by atoms with Crippen molar-refractivity contribution < 1.29 is 22.8 Å². The Kier molecular flexibility index (Phi) is 5.44. The maximum Gasteiger partial charge on any atom is 0.416 e. The van der Waals surface area contributed by atoms with E-state index in [4.69, 9.17) is 0 Å². The van der Waals surface area contributed by atoms with Crippen LogP contribution < -0.4 is 5.32 Å². The zero-order valence-corrected chi connectivity index (χ0v) is 15.4. The minimum atomic E-state index is -4.49. The van der Waals surface area contributed by atoms with Crippen LogP contribution in [-0.2, 0) is 11.0 Å². The molecule has 3 rings (SSSR count). The topological polar surface area (TPSA) is 89.8 Å². The van der Waals surface area contributed by atoms with Crippen molar-refractivity contribution in [2.45, 2.75) is 26.1 Å². The molecule has 3 aromatic rings. The van der Waals surface area contributed by atoms with Crippen molar-refractivity contribution >= 4 is 17.4 Å². The normalized spacial score (nSPS) is 12.4. The SMILES string of the molecule is CC(=O)c1cccc(NC(=O)[C@H](C)n2nnc(-c3cccc(C(F)(F)F)c3)n2)c1. The summed E-state index contributed by atoms with van der Waals surface area (Å²) in [5.74, 6) is -0.647. The first-order valence-corrected chi connectivity index (χ1v) is 8.54. The van der Waals surface area contributed by atoms with Gasteiger partial charge in [0.05, 0.1) is 5.56 Å². The first-order valence-electron chi connectivity index (χ1n) is 8.54. The fraction of sp³-hybridized carbons (Fsp3) is 0.211. The Hall–Kier alpha value is -3.56. The number of nitrogens with one attached hydrogen (secondary N) is 1. The van der Waals surface area contributed by atoms with Crippen molar-refractivity contribution in [1.82, 2.24) is 20.2 Å². The molecule has 0 radical (unpaired) electrons. The number of amides is 1. The summed E-state index contributed by atoms with van der Waals surface area (Å²) in [7, 11) is 0. The highest BCUT2D eigenvalue weighted by atomic mass is 19.4. The number of alkyl halides is 3. The lowest BCUT2D eigenvalue weighted by Gasteiger charge is -2.11. The third-order valence-electron chi connectivity index (χ3n) is 4.14. The van der Waals surface area contributed by atoms with Gasteiger partial charge in [0.1, 0.15) is 6.04 Å². The van der Waals surface area contributed by atoms with E-state index in [0.717, 1.165) is 16.9 Å². The van der Waals surface area contributed by atoms with Gasteiger partial charge in [0.15, 0.2) is 5.78 Å². The van der Waals surface area contributed by atoms with Gasteiger partial charge in [-0.15, -0.1) is 10.2 Å². The molecule has 1 amide bonds. The van der Waals surface area contributed by atoms with E-state index in [1.807, 2.05) is 0 Å². The molecule has 1 atom stereocenters. The Morgan fingerprint density at radius 1 is 1.10 bits per heavy atom. The lowest BCUT2D eigenvalue weighted by Crippen LogP contribution is -2.25. The number of carbonyl (C=O) groups excluding carboxylic acids is 2. The number of hydrogen-bond donors (Lipinski definition) is 1. The first kappa shape index (κ1) is 20.2. The standard InChI is InChI=1S/C19H16F3N5O2/c1-11(18(29)23-16-8-4-5-13(10-16)12(2)28)27-25-17(24-26-27)14-6-3-7-15(9-14)19(20,21)22/h3-11H,1-2H3,(H,23,29)/t11-/m0/s1. The van der Waals surface area contributed by atoms with Crippen molar-refractivity contribution in [1.29, 1.82) is 0 Å². The lowest BCUT2D eigenvalue weighted by molar-refractivity contribution is -0.137. The Balaban J connectivity index is 1.77. The van der Waals surface area contributed by atoms with Gasteiger partial charge in [-0.2, -0.15) is 18.0 Å². The van der Waals surface area contributed by atoms with Crippen LogP contribution in [0.3, 0.4) is 0 Å². The summed E-state index contributed by atoms with van der Waals surface area (Å²) in [6, 6.07) is 10.1.